The molecule has 2 fully saturated rings. The van der Waals surface area contributed by atoms with Gasteiger partial charge in [-0.1, -0.05) is 0 Å². The number of nitrogens with zero attached hydrogens (tertiary/aromatic N) is 2. The number of imidazole rings is 1. The Morgan fingerprint density at radius 2 is 1.79 bits per heavy atom. The largest absolute Gasteiger partial charge is 0.339 e. The van der Waals surface area contributed by atoms with Crippen LogP contribution in [0, 0.1) is 5.92 Å². The molecule has 0 radical (unpaired) electrons. The second kappa shape index (κ2) is 8.24. The highest BCUT2D eigenvalue weighted by Crippen LogP contribution is 2.27. The Labute approximate surface area is 168 Å². The first-order valence-electron chi connectivity index (χ1n) is 9.14. The molecule has 2 aliphatic rings. The van der Waals surface area contributed by atoms with Crippen molar-refractivity contribution < 1.29 is 13.2 Å². The number of halogens is 1. The predicted octanol–water partition coefficient (Wildman–Crippen LogP) is 0.111. The minimum absolute atomic E-state index is 0. The lowest BCUT2D eigenvalue weighted by Gasteiger charge is -2.34. The van der Waals surface area contributed by atoms with Gasteiger partial charge in [-0.25, -0.2) is 13.2 Å². The molecule has 11 heteroatoms. The lowest BCUT2D eigenvalue weighted by molar-refractivity contribution is -0.131. The summed E-state index contributed by atoms with van der Waals surface area (Å²) in [6.07, 6.45) is 2.47. The molecule has 2 aromatic rings. The first kappa shape index (κ1) is 20.8. The lowest BCUT2D eigenvalue weighted by Crippen LogP contribution is -2.52. The molecule has 2 heterocycles. The van der Waals surface area contributed by atoms with Crippen molar-refractivity contribution in [2.45, 2.75) is 17.7 Å². The number of fused-ring (bicyclic) bond motifs is 1. The molecular formula is C17H24ClN5O4S. The molecule has 1 aromatic heterocycles. The summed E-state index contributed by atoms with van der Waals surface area (Å²) in [6.45, 7) is 2.47. The van der Waals surface area contributed by atoms with Gasteiger partial charge < -0.3 is 20.2 Å². The maximum absolute atomic E-state index is 12.9. The summed E-state index contributed by atoms with van der Waals surface area (Å²) in [4.78, 5) is 30.6. The number of sulfonamides is 1. The van der Waals surface area contributed by atoms with Crippen molar-refractivity contribution in [3.63, 3.8) is 0 Å². The number of rotatable bonds is 6. The van der Waals surface area contributed by atoms with Crippen LogP contribution in [0.5, 0.6) is 0 Å². The van der Waals surface area contributed by atoms with Crippen molar-refractivity contribution in [1.29, 1.82) is 0 Å². The second-order valence-electron chi connectivity index (χ2n) is 7.15. The van der Waals surface area contributed by atoms with Crippen LogP contribution in [0.3, 0.4) is 0 Å². The van der Waals surface area contributed by atoms with Gasteiger partial charge in [-0.05, 0) is 43.5 Å². The van der Waals surface area contributed by atoms with E-state index in [-0.39, 0.29) is 42.0 Å². The summed E-state index contributed by atoms with van der Waals surface area (Å²) in [7, 11) is -3.67. The van der Waals surface area contributed by atoms with Gasteiger partial charge >= 0.3 is 5.69 Å². The molecular weight excluding hydrogens is 406 g/mol. The maximum Gasteiger partial charge on any atom is 0.323 e. The van der Waals surface area contributed by atoms with E-state index < -0.39 is 10.0 Å². The Balaban J connectivity index is 0.00000225. The van der Waals surface area contributed by atoms with E-state index in [0.29, 0.717) is 36.6 Å². The van der Waals surface area contributed by atoms with Crippen molar-refractivity contribution in [2.75, 3.05) is 39.3 Å². The smallest absolute Gasteiger partial charge is 0.323 e. The van der Waals surface area contributed by atoms with Crippen LogP contribution in [-0.2, 0) is 14.8 Å². The molecule has 1 saturated carbocycles. The first-order valence-corrected chi connectivity index (χ1v) is 10.6. The zero-order valence-electron chi connectivity index (χ0n) is 15.3. The van der Waals surface area contributed by atoms with Crippen molar-refractivity contribution in [2.24, 2.45) is 5.92 Å². The lowest BCUT2D eigenvalue weighted by atomic mass is 10.3. The highest BCUT2D eigenvalue weighted by molar-refractivity contribution is 7.89. The molecule has 4 rings (SSSR count). The average molecular weight is 430 g/mol. The maximum atomic E-state index is 12.9. The summed E-state index contributed by atoms with van der Waals surface area (Å²) in [5.74, 6) is 0.728. The van der Waals surface area contributed by atoms with E-state index in [1.54, 1.807) is 11.0 Å². The predicted molar refractivity (Wildman–Crippen MR) is 107 cm³/mol. The summed E-state index contributed by atoms with van der Waals surface area (Å²) < 4.78 is 27.1. The van der Waals surface area contributed by atoms with Crippen molar-refractivity contribution in [3.8, 4) is 0 Å². The van der Waals surface area contributed by atoms with E-state index in [1.165, 1.54) is 29.3 Å². The van der Waals surface area contributed by atoms with E-state index in [4.69, 9.17) is 0 Å². The van der Waals surface area contributed by atoms with Crippen LogP contribution in [0.25, 0.3) is 11.0 Å². The number of piperazine rings is 1. The molecule has 1 amide bonds. The number of benzene rings is 1. The molecule has 9 nitrogen and oxygen atoms in total. The number of aromatic nitrogens is 2. The Morgan fingerprint density at radius 1 is 1.11 bits per heavy atom. The fraction of sp³-hybridized carbons (Fsp3) is 0.529. The molecule has 28 heavy (non-hydrogen) atoms. The molecule has 1 aliphatic carbocycles. The van der Waals surface area contributed by atoms with Gasteiger partial charge in [-0.15, -0.1) is 12.4 Å². The van der Waals surface area contributed by atoms with Crippen molar-refractivity contribution in [3.05, 3.63) is 28.7 Å². The van der Waals surface area contributed by atoms with Crippen molar-refractivity contribution >= 4 is 39.4 Å². The van der Waals surface area contributed by atoms with Gasteiger partial charge in [0.15, 0.2) is 0 Å². The number of H-pyrrole nitrogens is 2. The van der Waals surface area contributed by atoms with Gasteiger partial charge in [0.25, 0.3) is 0 Å². The molecule has 1 aliphatic heterocycles. The number of amides is 1. The van der Waals surface area contributed by atoms with Crippen LogP contribution in [0.2, 0.25) is 0 Å². The van der Waals surface area contributed by atoms with Crippen LogP contribution in [0.1, 0.15) is 12.8 Å². The third-order valence-electron chi connectivity index (χ3n) is 5.12. The van der Waals surface area contributed by atoms with Gasteiger partial charge in [0, 0.05) is 26.2 Å². The standard InChI is InChI=1S/C17H23N5O4S.ClH/c23-16(11-18-10-12-1-2-12)21-5-7-22(8-6-21)27(25,26)13-3-4-14-15(9-13)20-17(24)19-14;/h3-4,9,12,18H,1-2,5-8,10-11H2,(H2,19,20,24);1H. The van der Waals surface area contributed by atoms with Gasteiger partial charge in [0.05, 0.1) is 22.5 Å². The summed E-state index contributed by atoms with van der Waals surface area (Å²) in [5.41, 5.74) is 0.645. The SMILES string of the molecule is Cl.O=C(CNCC1CC1)N1CCN(S(=O)(=O)c2ccc3[nH]c(=O)[nH]c3c2)CC1. The summed E-state index contributed by atoms with van der Waals surface area (Å²) in [5, 5.41) is 3.18. The molecule has 3 N–H and O–H groups in total. The van der Waals surface area contributed by atoms with Gasteiger partial charge in [-0.3, -0.25) is 4.79 Å². The highest BCUT2D eigenvalue weighted by Gasteiger charge is 2.30. The normalized spacial score (nSPS) is 18.2. The molecule has 0 bridgehead atoms. The van der Waals surface area contributed by atoms with E-state index in [2.05, 4.69) is 15.3 Å². The number of hydrogen-bond donors (Lipinski definition) is 3. The Kier molecular flexibility index (Phi) is 6.13. The Bertz CT molecular complexity index is 1010. The number of carbonyl (C=O) groups is 1. The third kappa shape index (κ3) is 4.40. The zero-order valence-corrected chi connectivity index (χ0v) is 16.9. The second-order valence-corrected chi connectivity index (χ2v) is 9.08. The molecule has 0 atom stereocenters. The number of carbonyl (C=O) groups excluding carboxylic acids is 1. The van der Waals surface area contributed by atoms with Crippen LogP contribution in [-0.4, -0.2) is 72.8 Å². The highest BCUT2D eigenvalue weighted by atomic mass is 35.5. The van der Waals surface area contributed by atoms with Crippen molar-refractivity contribution in [1.82, 2.24) is 24.5 Å². The quantitative estimate of drug-likeness (QED) is 0.602. The third-order valence-corrected chi connectivity index (χ3v) is 7.02. The van der Waals surface area contributed by atoms with Crippen LogP contribution in [0.4, 0.5) is 0 Å². The number of nitrogens with one attached hydrogen (secondary N) is 3. The molecule has 0 unspecified atom stereocenters. The fourth-order valence-corrected chi connectivity index (χ4v) is 4.76. The van der Waals surface area contributed by atoms with Gasteiger partial charge in [-0.2, -0.15) is 4.31 Å². The molecule has 0 spiro atoms. The van der Waals surface area contributed by atoms with Gasteiger partial charge in [0.1, 0.15) is 0 Å². The summed E-state index contributed by atoms with van der Waals surface area (Å²) >= 11 is 0. The van der Waals surface area contributed by atoms with E-state index in [1.807, 2.05) is 0 Å². The van der Waals surface area contributed by atoms with E-state index in [0.717, 1.165) is 6.54 Å². The molecule has 1 saturated heterocycles. The molecule has 1 aromatic carbocycles. The van der Waals surface area contributed by atoms with Gasteiger partial charge in [0.2, 0.25) is 15.9 Å². The van der Waals surface area contributed by atoms with Crippen LogP contribution in [0.15, 0.2) is 27.9 Å². The minimum atomic E-state index is -3.67. The topological polar surface area (TPSA) is 118 Å². The summed E-state index contributed by atoms with van der Waals surface area (Å²) in [6, 6.07) is 4.52. The van der Waals surface area contributed by atoms with Crippen LogP contribution >= 0.6 is 12.4 Å². The monoisotopic (exact) mass is 429 g/mol. The number of hydrogen-bond acceptors (Lipinski definition) is 5. The fourth-order valence-electron chi connectivity index (χ4n) is 3.32. The first-order chi connectivity index (χ1) is 12.9. The zero-order chi connectivity index (χ0) is 19.0. The van der Waals surface area contributed by atoms with E-state index in [9.17, 15) is 18.0 Å². The average Bonchev–Trinajstić information content (AvgIpc) is 3.40. The minimum Gasteiger partial charge on any atom is -0.339 e. The molecule has 154 valence electrons. The Hall–Kier alpha value is -1.88. The van der Waals surface area contributed by atoms with E-state index >= 15 is 0 Å². The van der Waals surface area contributed by atoms with Crippen LogP contribution < -0.4 is 11.0 Å². The Morgan fingerprint density at radius 3 is 2.46 bits per heavy atom. The number of aromatic amines is 2.